The standard InChI is InChI=1S/C12H16O5/c13-12(14)10-3-6-17-11(10)8-16-7-9-1-4-15-5-2-9/h3,6,9H,1-2,4-5,7-8H2,(H,13,14). The zero-order chi connectivity index (χ0) is 12.1. The van der Waals surface area contributed by atoms with Crippen LogP contribution >= 0.6 is 0 Å². The monoisotopic (exact) mass is 240 g/mol. The Labute approximate surface area is 99.3 Å². The number of carboxylic acid groups (broad SMARTS) is 1. The summed E-state index contributed by atoms with van der Waals surface area (Å²) in [5, 5.41) is 8.87. The van der Waals surface area contributed by atoms with Gasteiger partial charge in [-0.1, -0.05) is 0 Å². The number of carboxylic acids is 1. The van der Waals surface area contributed by atoms with E-state index < -0.39 is 5.97 Å². The molecular formula is C12H16O5. The number of aromatic carboxylic acids is 1. The summed E-state index contributed by atoms with van der Waals surface area (Å²) >= 11 is 0. The van der Waals surface area contributed by atoms with Gasteiger partial charge in [0.1, 0.15) is 17.9 Å². The fraction of sp³-hybridized carbons (Fsp3) is 0.583. The molecule has 1 aliphatic heterocycles. The van der Waals surface area contributed by atoms with Gasteiger partial charge in [0, 0.05) is 13.2 Å². The van der Waals surface area contributed by atoms with Crippen molar-refractivity contribution in [2.24, 2.45) is 5.92 Å². The molecule has 0 aliphatic carbocycles. The van der Waals surface area contributed by atoms with Crippen LogP contribution in [0.25, 0.3) is 0 Å². The van der Waals surface area contributed by atoms with Crippen molar-refractivity contribution in [3.05, 3.63) is 23.7 Å². The van der Waals surface area contributed by atoms with E-state index in [-0.39, 0.29) is 12.2 Å². The Morgan fingerprint density at radius 2 is 2.24 bits per heavy atom. The lowest BCUT2D eigenvalue weighted by atomic mass is 10.0. The van der Waals surface area contributed by atoms with Gasteiger partial charge in [-0.15, -0.1) is 0 Å². The first-order chi connectivity index (χ1) is 8.27. The van der Waals surface area contributed by atoms with Crippen LogP contribution in [0.5, 0.6) is 0 Å². The Kier molecular flexibility index (Phi) is 4.17. The van der Waals surface area contributed by atoms with Gasteiger partial charge in [-0.3, -0.25) is 0 Å². The van der Waals surface area contributed by atoms with Gasteiger partial charge in [0.25, 0.3) is 0 Å². The first-order valence-electron chi connectivity index (χ1n) is 5.72. The van der Waals surface area contributed by atoms with E-state index in [0.717, 1.165) is 26.1 Å². The summed E-state index contributed by atoms with van der Waals surface area (Å²) in [7, 11) is 0. The number of hydrogen-bond donors (Lipinski definition) is 1. The zero-order valence-electron chi connectivity index (χ0n) is 9.55. The molecule has 1 N–H and O–H groups in total. The highest BCUT2D eigenvalue weighted by atomic mass is 16.5. The molecule has 0 unspecified atom stereocenters. The largest absolute Gasteiger partial charge is 0.478 e. The molecule has 0 spiro atoms. The third kappa shape index (κ3) is 3.31. The van der Waals surface area contributed by atoms with Crippen molar-refractivity contribution in [3.8, 4) is 0 Å². The molecule has 1 aromatic heterocycles. The van der Waals surface area contributed by atoms with E-state index in [1.54, 1.807) is 0 Å². The molecule has 17 heavy (non-hydrogen) atoms. The fourth-order valence-corrected chi connectivity index (χ4v) is 1.87. The molecule has 0 radical (unpaired) electrons. The van der Waals surface area contributed by atoms with E-state index in [2.05, 4.69) is 0 Å². The smallest absolute Gasteiger partial charge is 0.339 e. The molecule has 0 atom stereocenters. The van der Waals surface area contributed by atoms with Crippen LogP contribution in [-0.4, -0.2) is 30.9 Å². The van der Waals surface area contributed by atoms with Gasteiger partial charge in [-0.05, 0) is 24.8 Å². The first-order valence-corrected chi connectivity index (χ1v) is 5.72. The molecule has 0 bridgehead atoms. The van der Waals surface area contributed by atoms with Crippen molar-refractivity contribution >= 4 is 5.97 Å². The quantitative estimate of drug-likeness (QED) is 0.851. The predicted octanol–water partition coefficient (Wildman–Crippen LogP) is 1.92. The minimum Gasteiger partial charge on any atom is -0.478 e. The lowest BCUT2D eigenvalue weighted by Gasteiger charge is -2.21. The summed E-state index contributed by atoms with van der Waals surface area (Å²) in [6.07, 6.45) is 3.38. The van der Waals surface area contributed by atoms with Crippen LogP contribution in [-0.2, 0) is 16.1 Å². The molecule has 0 saturated carbocycles. The van der Waals surface area contributed by atoms with Gasteiger partial charge in [0.15, 0.2) is 0 Å². The average Bonchev–Trinajstić information content (AvgIpc) is 2.79. The highest BCUT2D eigenvalue weighted by molar-refractivity contribution is 5.88. The van der Waals surface area contributed by atoms with Crippen molar-refractivity contribution in [1.82, 2.24) is 0 Å². The third-order valence-electron chi connectivity index (χ3n) is 2.90. The van der Waals surface area contributed by atoms with Crippen LogP contribution < -0.4 is 0 Å². The normalized spacial score (nSPS) is 17.2. The zero-order valence-corrected chi connectivity index (χ0v) is 9.55. The van der Waals surface area contributed by atoms with E-state index >= 15 is 0 Å². The average molecular weight is 240 g/mol. The van der Waals surface area contributed by atoms with Gasteiger partial charge in [0.2, 0.25) is 0 Å². The van der Waals surface area contributed by atoms with Crippen LogP contribution in [0.2, 0.25) is 0 Å². The number of rotatable bonds is 5. The molecule has 1 aliphatic rings. The molecule has 1 saturated heterocycles. The summed E-state index contributed by atoms with van der Waals surface area (Å²) in [5.74, 6) is -0.0973. The highest BCUT2D eigenvalue weighted by Crippen LogP contribution is 2.17. The minimum atomic E-state index is -0.983. The second kappa shape index (κ2) is 5.84. The SMILES string of the molecule is O=C(O)c1ccoc1COCC1CCOCC1. The maximum absolute atomic E-state index is 10.8. The lowest BCUT2D eigenvalue weighted by Crippen LogP contribution is -2.20. The summed E-state index contributed by atoms with van der Waals surface area (Å²) < 4.78 is 15.8. The van der Waals surface area contributed by atoms with Crippen molar-refractivity contribution in [1.29, 1.82) is 0 Å². The van der Waals surface area contributed by atoms with Crippen molar-refractivity contribution in [2.45, 2.75) is 19.4 Å². The third-order valence-corrected chi connectivity index (χ3v) is 2.90. The van der Waals surface area contributed by atoms with E-state index in [1.807, 2.05) is 0 Å². The Morgan fingerprint density at radius 1 is 1.47 bits per heavy atom. The predicted molar refractivity (Wildman–Crippen MR) is 58.9 cm³/mol. The molecule has 94 valence electrons. The van der Waals surface area contributed by atoms with Gasteiger partial charge in [-0.2, -0.15) is 0 Å². The summed E-state index contributed by atoms with van der Waals surface area (Å²) in [4.78, 5) is 10.8. The van der Waals surface area contributed by atoms with E-state index in [1.165, 1.54) is 12.3 Å². The Hall–Kier alpha value is -1.33. The van der Waals surface area contributed by atoms with Crippen LogP contribution in [0, 0.1) is 5.92 Å². The van der Waals surface area contributed by atoms with Crippen molar-refractivity contribution < 1.29 is 23.8 Å². The molecule has 0 amide bonds. The Bertz CT molecular complexity index is 365. The molecule has 5 nitrogen and oxygen atoms in total. The second-order valence-electron chi connectivity index (χ2n) is 4.13. The number of carbonyl (C=O) groups is 1. The molecular weight excluding hydrogens is 224 g/mol. The van der Waals surface area contributed by atoms with E-state index in [9.17, 15) is 4.79 Å². The summed E-state index contributed by atoms with van der Waals surface area (Å²) in [6.45, 7) is 2.42. The maximum Gasteiger partial charge on any atom is 0.339 e. The lowest BCUT2D eigenvalue weighted by molar-refractivity contribution is 0.0116. The summed E-state index contributed by atoms with van der Waals surface area (Å²) in [6, 6.07) is 1.44. The van der Waals surface area contributed by atoms with Crippen LogP contribution in [0.15, 0.2) is 16.7 Å². The summed E-state index contributed by atoms with van der Waals surface area (Å²) in [5.41, 5.74) is 0.178. The molecule has 5 heteroatoms. The maximum atomic E-state index is 10.8. The minimum absolute atomic E-state index is 0.178. The molecule has 2 rings (SSSR count). The van der Waals surface area contributed by atoms with Gasteiger partial charge < -0.3 is 19.0 Å². The molecule has 1 fully saturated rings. The number of furan rings is 1. The molecule has 2 heterocycles. The fourth-order valence-electron chi connectivity index (χ4n) is 1.87. The second-order valence-corrected chi connectivity index (χ2v) is 4.13. The van der Waals surface area contributed by atoms with E-state index in [4.69, 9.17) is 19.0 Å². The van der Waals surface area contributed by atoms with E-state index in [0.29, 0.717) is 18.3 Å². The Morgan fingerprint density at radius 3 is 2.94 bits per heavy atom. The van der Waals surface area contributed by atoms with Crippen molar-refractivity contribution in [3.63, 3.8) is 0 Å². The number of ether oxygens (including phenoxy) is 2. The highest BCUT2D eigenvalue weighted by Gasteiger charge is 2.16. The molecule has 1 aromatic rings. The number of hydrogen-bond acceptors (Lipinski definition) is 4. The van der Waals surface area contributed by atoms with Crippen LogP contribution in [0.4, 0.5) is 0 Å². The first kappa shape index (κ1) is 12.1. The van der Waals surface area contributed by atoms with Crippen LogP contribution in [0.1, 0.15) is 29.0 Å². The van der Waals surface area contributed by atoms with Gasteiger partial charge in [0.05, 0.1) is 12.9 Å². The Balaban J connectivity index is 1.77. The van der Waals surface area contributed by atoms with Crippen molar-refractivity contribution in [2.75, 3.05) is 19.8 Å². The van der Waals surface area contributed by atoms with Gasteiger partial charge in [-0.25, -0.2) is 4.79 Å². The van der Waals surface area contributed by atoms with Gasteiger partial charge >= 0.3 is 5.97 Å². The van der Waals surface area contributed by atoms with Crippen LogP contribution in [0.3, 0.4) is 0 Å². The molecule has 0 aromatic carbocycles. The topological polar surface area (TPSA) is 68.9 Å².